The van der Waals surface area contributed by atoms with Crippen LogP contribution in [0.2, 0.25) is 0 Å². The molecule has 0 fully saturated rings. The second kappa shape index (κ2) is 13.1. The van der Waals surface area contributed by atoms with Crippen LogP contribution in [0.4, 0.5) is 0 Å². The summed E-state index contributed by atoms with van der Waals surface area (Å²) in [4.78, 5) is 20.4. The molecule has 0 saturated carbocycles. The molecule has 0 spiro atoms. The van der Waals surface area contributed by atoms with Crippen molar-refractivity contribution < 1.29 is 43.2 Å². The Morgan fingerprint density at radius 1 is 0.952 bits per heavy atom. The first kappa shape index (κ1) is 23.8. The first-order valence-corrected chi connectivity index (χ1v) is 9.50. The first-order chi connectivity index (χ1) is 9.32. The molecule has 0 aromatic carbocycles. The van der Waals surface area contributed by atoms with Crippen molar-refractivity contribution in [1.82, 2.24) is 0 Å². The maximum absolute atomic E-state index is 11.7. The van der Waals surface area contributed by atoms with E-state index in [2.05, 4.69) is 6.92 Å². The molecule has 0 rings (SSSR count). The molecule has 0 atom stereocenters. The van der Waals surface area contributed by atoms with E-state index >= 15 is 0 Å². The van der Waals surface area contributed by atoms with Gasteiger partial charge >= 0.3 is 7.60 Å². The average Bonchev–Trinajstić information content (AvgIpc) is 2.32. The Balaban J connectivity index is 0. The molecule has 6 heteroatoms. The number of unbranched alkanes of at least 4 members (excludes halogenated alkanes) is 4. The van der Waals surface area contributed by atoms with E-state index in [0.29, 0.717) is 11.7 Å². The number of halogens is 1. The molecule has 0 unspecified atom stereocenters. The van der Waals surface area contributed by atoms with Crippen molar-refractivity contribution in [3.63, 3.8) is 0 Å². The second-order valence-corrected chi connectivity index (χ2v) is 7.52. The van der Waals surface area contributed by atoms with Crippen LogP contribution in [0.1, 0.15) is 65.2 Å². The van der Waals surface area contributed by atoms with E-state index in [1.807, 2.05) is 21.0 Å². The standard InChI is InChI=1S/C15H32NO3P.HI/c1-5-7-8-9-10-12-14(13-16(3)4)15(11-6-2)20(17,18)19;/h5-13H2,1-4H3,(H2,17,18,19);1H/b15-14-;. The van der Waals surface area contributed by atoms with Gasteiger partial charge in [-0.05, 0) is 24.8 Å². The number of likely N-dealkylation sites (N-methyl/N-ethyl adjacent to an activating group) is 1. The molecule has 0 saturated heterocycles. The molecule has 128 valence electrons. The molecule has 21 heavy (non-hydrogen) atoms. The minimum atomic E-state index is -4.10. The topological polar surface area (TPSA) is 62.0 Å². The van der Waals surface area contributed by atoms with Crippen molar-refractivity contribution in [2.75, 3.05) is 20.6 Å². The zero-order valence-corrected chi connectivity index (χ0v) is 17.0. The van der Waals surface area contributed by atoms with E-state index in [9.17, 15) is 14.4 Å². The fourth-order valence-electron chi connectivity index (χ4n) is 2.47. The molecule has 0 heterocycles. The minimum absolute atomic E-state index is 0. The van der Waals surface area contributed by atoms with Crippen molar-refractivity contribution >= 4 is 7.60 Å². The van der Waals surface area contributed by atoms with E-state index in [1.54, 1.807) is 0 Å². The average molecular weight is 433 g/mol. The van der Waals surface area contributed by atoms with Gasteiger partial charge in [0, 0.05) is 5.31 Å². The fourth-order valence-corrected chi connectivity index (χ4v) is 3.59. The highest BCUT2D eigenvalue weighted by molar-refractivity contribution is 7.56. The summed E-state index contributed by atoms with van der Waals surface area (Å²) in [6, 6.07) is 0. The van der Waals surface area contributed by atoms with Crippen LogP contribution in [-0.2, 0) is 4.57 Å². The number of nitrogens with one attached hydrogen (secondary N) is 1. The van der Waals surface area contributed by atoms with Crippen molar-refractivity contribution in [2.24, 2.45) is 0 Å². The molecule has 0 aliphatic rings. The molecular weight excluding hydrogens is 400 g/mol. The zero-order chi connectivity index (χ0) is 15.6. The lowest BCUT2D eigenvalue weighted by molar-refractivity contribution is -0.853. The van der Waals surface area contributed by atoms with Crippen molar-refractivity contribution in [3.8, 4) is 0 Å². The van der Waals surface area contributed by atoms with Gasteiger partial charge in [-0.3, -0.25) is 4.57 Å². The lowest BCUT2D eigenvalue weighted by Crippen LogP contribution is -3.05. The van der Waals surface area contributed by atoms with Gasteiger partial charge in [0.05, 0.1) is 20.6 Å². The van der Waals surface area contributed by atoms with Gasteiger partial charge in [-0.1, -0.05) is 46.0 Å². The third-order valence-electron chi connectivity index (χ3n) is 3.40. The van der Waals surface area contributed by atoms with Crippen LogP contribution in [-0.4, -0.2) is 30.4 Å². The Kier molecular flexibility index (Phi) is 14.8. The monoisotopic (exact) mass is 433 g/mol. The minimum Gasteiger partial charge on any atom is -1.00 e. The Morgan fingerprint density at radius 2 is 1.52 bits per heavy atom. The first-order valence-electron chi connectivity index (χ1n) is 7.88. The number of rotatable bonds is 11. The quantitative estimate of drug-likeness (QED) is 0.239. The summed E-state index contributed by atoms with van der Waals surface area (Å²) >= 11 is 0. The Morgan fingerprint density at radius 3 is 1.95 bits per heavy atom. The van der Waals surface area contributed by atoms with Crippen LogP contribution < -0.4 is 28.9 Å². The van der Waals surface area contributed by atoms with Crippen LogP contribution in [0.15, 0.2) is 10.9 Å². The van der Waals surface area contributed by atoms with E-state index in [4.69, 9.17) is 0 Å². The molecule has 0 aliphatic carbocycles. The van der Waals surface area contributed by atoms with Crippen molar-refractivity contribution in [2.45, 2.75) is 65.2 Å². The Bertz CT molecular complexity index is 340. The van der Waals surface area contributed by atoms with Gasteiger partial charge in [0.15, 0.2) is 0 Å². The van der Waals surface area contributed by atoms with Gasteiger partial charge in [-0.2, -0.15) is 0 Å². The number of quaternary nitrogens is 1. The van der Waals surface area contributed by atoms with E-state index < -0.39 is 7.60 Å². The Labute approximate surface area is 147 Å². The number of hydrogen-bond acceptors (Lipinski definition) is 1. The third kappa shape index (κ3) is 11.8. The predicted molar refractivity (Wildman–Crippen MR) is 85.0 cm³/mol. The smallest absolute Gasteiger partial charge is 0.352 e. The normalized spacial score (nSPS) is 13.1. The van der Waals surface area contributed by atoms with Gasteiger partial charge < -0.3 is 38.7 Å². The summed E-state index contributed by atoms with van der Waals surface area (Å²) in [6.07, 6.45) is 8.00. The molecule has 0 aromatic rings. The molecule has 0 bridgehead atoms. The maximum atomic E-state index is 11.7. The molecule has 3 N–H and O–H groups in total. The summed E-state index contributed by atoms with van der Waals surface area (Å²) in [6.45, 7) is 4.89. The highest BCUT2D eigenvalue weighted by Gasteiger charge is 2.25. The van der Waals surface area contributed by atoms with Crippen LogP contribution in [0.5, 0.6) is 0 Å². The molecule has 0 aliphatic heterocycles. The molecule has 0 radical (unpaired) electrons. The third-order valence-corrected chi connectivity index (χ3v) is 4.64. The summed E-state index contributed by atoms with van der Waals surface area (Å²) < 4.78 is 11.7. The van der Waals surface area contributed by atoms with Crippen LogP contribution in [0.25, 0.3) is 0 Å². The van der Waals surface area contributed by atoms with Crippen molar-refractivity contribution in [1.29, 1.82) is 0 Å². The zero-order valence-electron chi connectivity index (χ0n) is 14.0. The molecule has 4 nitrogen and oxygen atoms in total. The second-order valence-electron chi connectivity index (χ2n) is 5.89. The molecule has 0 aromatic heterocycles. The summed E-state index contributed by atoms with van der Waals surface area (Å²) in [7, 11) is -0.0436. The highest BCUT2D eigenvalue weighted by Crippen LogP contribution is 2.49. The van der Waals surface area contributed by atoms with Gasteiger partial charge in [0.2, 0.25) is 0 Å². The van der Waals surface area contributed by atoms with Gasteiger partial charge in [-0.25, -0.2) is 0 Å². The lowest BCUT2D eigenvalue weighted by atomic mass is 10.0. The Hall–Kier alpha value is 0.580. The van der Waals surface area contributed by atoms with Gasteiger partial charge in [0.1, 0.15) is 0 Å². The number of hydrogen-bond donors (Lipinski definition) is 3. The van der Waals surface area contributed by atoms with Crippen LogP contribution in [0, 0.1) is 0 Å². The largest absolute Gasteiger partial charge is 1.00 e. The summed E-state index contributed by atoms with van der Waals surface area (Å²) in [5.74, 6) is 0. The summed E-state index contributed by atoms with van der Waals surface area (Å²) in [5.41, 5.74) is 0.983. The maximum Gasteiger partial charge on any atom is 0.352 e. The molecule has 0 amide bonds. The van der Waals surface area contributed by atoms with Crippen molar-refractivity contribution in [3.05, 3.63) is 10.9 Å². The van der Waals surface area contributed by atoms with Crippen LogP contribution >= 0.6 is 7.60 Å². The van der Waals surface area contributed by atoms with E-state index in [1.165, 1.54) is 24.2 Å². The fraction of sp³-hybridized carbons (Fsp3) is 0.867. The SMILES string of the molecule is CCCCCCC/C(C[NH+](C)C)=C(\CCC)P(=O)(O)O.[I-]. The predicted octanol–water partition coefficient (Wildman–Crippen LogP) is -0.273. The number of allylic oxidation sites excluding steroid dienone is 1. The molecular formula is C15H33INO3P. The highest BCUT2D eigenvalue weighted by atomic mass is 127. The van der Waals surface area contributed by atoms with Gasteiger partial charge in [-0.15, -0.1) is 0 Å². The van der Waals surface area contributed by atoms with E-state index in [0.717, 1.165) is 37.8 Å². The summed E-state index contributed by atoms with van der Waals surface area (Å²) in [5, 5.41) is 0.400. The lowest BCUT2D eigenvalue weighted by Gasteiger charge is -2.18. The van der Waals surface area contributed by atoms with E-state index in [-0.39, 0.29) is 24.0 Å². The van der Waals surface area contributed by atoms with Gasteiger partial charge in [0.25, 0.3) is 0 Å². The van der Waals surface area contributed by atoms with Crippen LogP contribution in [0.3, 0.4) is 0 Å².